The normalized spacial score (nSPS) is 11.8. The van der Waals surface area contributed by atoms with Crippen molar-refractivity contribution < 1.29 is 22.0 Å². The van der Waals surface area contributed by atoms with E-state index in [2.05, 4.69) is 15.5 Å². The highest BCUT2D eigenvalue weighted by Gasteiger charge is 2.23. The van der Waals surface area contributed by atoms with E-state index in [0.717, 1.165) is 18.2 Å². The highest BCUT2D eigenvalue weighted by atomic mass is 32.2. The zero-order valence-electron chi connectivity index (χ0n) is 18.3. The third kappa shape index (κ3) is 4.81. The number of carbonyl (C=O) groups excluding carboxylic acids is 1. The van der Waals surface area contributed by atoms with Crippen LogP contribution in [0.15, 0.2) is 68.3 Å². The van der Waals surface area contributed by atoms with Gasteiger partial charge in [-0.15, -0.1) is 5.10 Å². The molecule has 10 heteroatoms. The fourth-order valence-electron chi connectivity index (χ4n) is 3.34. The summed E-state index contributed by atoms with van der Waals surface area (Å²) in [6.45, 7) is 4.66. The van der Waals surface area contributed by atoms with Gasteiger partial charge in [0.2, 0.25) is 10.0 Å². The number of nitrogens with zero attached hydrogens (tertiary/aromatic N) is 3. The molecule has 33 heavy (non-hydrogen) atoms. The van der Waals surface area contributed by atoms with Crippen molar-refractivity contribution in [2.75, 3.05) is 18.4 Å². The number of amides is 1. The van der Waals surface area contributed by atoms with Gasteiger partial charge < -0.3 is 8.83 Å². The average molecular weight is 469 g/mol. The first kappa shape index (κ1) is 22.7. The lowest BCUT2D eigenvalue weighted by atomic mass is 10.2. The van der Waals surface area contributed by atoms with E-state index < -0.39 is 15.9 Å². The first-order chi connectivity index (χ1) is 15.9. The van der Waals surface area contributed by atoms with Crippen LogP contribution in [0.5, 0.6) is 0 Å². The van der Waals surface area contributed by atoms with Gasteiger partial charge in [-0.05, 0) is 42.8 Å². The first-order valence-corrected chi connectivity index (χ1v) is 12.1. The van der Waals surface area contributed by atoms with Gasteiger partial charge in [0.15, 0.2) is 5.76 Å². The van der Waals surface area contributed by atoms with Crippen LogP contribution < -0.4 is 5.32 Å². The van der Waals surface area contributed by atoms with Crippen LogP contribution in [-0.2, 0) is 10.0 Å². The Balaban J connectivity index is 1.46. The van der Waals surface area contributed by atoms with Crippen molar-refractivity contribution >= 4 is 32.9 Å². The van der Waals surface area contributed by atoms with E-state index in [-0.39, 0.29) is 22.4 Å². The van der Waals surface area contributed by atoms with Crippen LogP contribution in [0, 0.1) is 0 Å². The summed E-state index contributed by atoms with van der Waals surface area (Å²) in [5, 5.41) is 11.2. The van der Waals surface area contributed by atoms with Crippen molar-refractivity contribution in [3.05, 3.63) is 60.2 Å². The summed E-state index contributed by atoms with van der Waals surface area (Å²) < 4.78 is 38.3. The number of anilines is 1. The third-order valence-corrected chi connectivity index (χ3v) is 7.14. The van der Waals surface area contributed by atoms with Gasteiger partial charge in [0.05, 0.1) is 4.90 Å². The number of benzene rings is 2. The Hall–Kier alpha value is -3.50. The molecular formula is C23H24N4O5S. The van der Waals surface area contributed by atoms with Crippen LogP contribution in [0.3, 0.4) is 0 Å². The molecule has 0 atom stereocenters. The maximum Gasteiger partial charge on any atom is 0.322 e. The van der Waals surface area contributed by atoms with Gasteiger partial charge in [0, 0.05) is 24.0 Å². The van der Waals surface area contributed by atoms with E-state index in [1.165, 1.54) is 28.6 Å². The van der Waals surface area contributed by atoms with Gasteiger partial charge in [0.1, 0.15) is 5.58 Å². The molecule has 0 aliphatic heterocycles. The third-order valence-electron chi connectivity index (χ3n) is 5.15. The van der Waals surface area contributed by atoms with Crippen LogP contribution in [0.2, 0.25) is 0 Å². The Kier molecular flexibility index (Phi) is 6.57. The molecule has 0 radical (unpaired) electrons. The highest BCUT2D eigenvalue weighted by molar-refractivity contribution is 7.89. The summed E-state index contributed by atoms with van der Waals surface area (Å²) in [5.74, 6) is 0.0223. The Labute approximate surface area is 191 Å². The number of nitrogens with one attached hydrogen (secondary N) is 1. The summed E-state index contributed by atoms with van der Waals surface area (Å²) in [7, 11) is -3.61. The predicted molar refractivity (Wildman–Crippen MR) is 123 cm³/mol. The number of hydrogen-bond acceptors (Lipinski definition) is 7. The van der Waals surface area contributed by atoms with E-state index in [0.29, 0.717) is 24.4 Å². The van der Waals surface area contributed by atoms with Gasteiger partial charge in [-0.25, -0.2) is 8.42 Å². The minimum atomic E-state index is -3.61. The minimum absolute atomic E-state index is 0.0936. The Morgan fingerprint density at radius 2 is 1.79 bits per heavy atom. The SMILES string of the molecule is CCCCN(CC)S(=O)(=O)c1ccc(C(=O)Nc2nnc(-c3cc4ccccc4o3)o2)cc1. The van der Waals surface area contributed by atoms with Gasteiger partial charge in [-0.1, -0.05) is 43.6 Å². The fraction of sp³-hybridized carbons (Fsp3) is 0.261. The molecule has 0 unspecified atom stereocenters. The number of furan rings is 1. The average Bonchev–Trinajstić information content (AvgIpc) is 3.46. The topological polar surface area (TPSA) is 119 Å². The number of unbranched alkanes of at least 4 members (excludes halogenated alkanes) is 1. The summed E-state index contributed by atoms with van der Waals surface area (Å²) in [5.41, 5.74) is 0.941. The Morgan fingerprint density at radius 1 is 1.03 bits per heavy atom. The molecule has 0 saturated carbocycles. The van der Waals surface area contributed by atoms with E-state index in [9.17, 15) is 13.2 Å². The lowest BCUT2D eigenvalue weighted by molar-refractivity contribution is 0.102. The maximum absolute atomic E-state index is 12.8. The standard InChI is InChI=1S/C23H24N4O5S/c1-3-5-14-27(4-2)33(29,30)18-12-10-16(11-13-18)21(28)24-23-26-25-22(32-23)20-15-17-8-6-7-9-19(17)31-20/h6-13,15H,3-5,14H2,1-2H3,(H,24,26,28). The molecule has 2 aromatic heterocycles. The zero-order valence-corrected chi connectivity index (χ0v) is 19.1. The largest absolute Gasteiger partial charge is 0.451 e. The number of para-hydroxylation sites is 1. The van der Waals surface area contributed by atoms with Crippen molar-refractivity contribution in [3.8, 4) is 11.7 Å². The quantitative estimate of drug-likeness (QED) is 0.383. The lowest BCUT2D eigenvalue weighted by Gasteiger charge is -2.20. The minimum Gasteiger partial charge on any atom is -0.451 e. The molecule has 0 fully saturated rings. The molecule has 4 aromatic rings. The first-order valence-electron chi connectivity index (χ1n) is 10.7. The molecule has 1 N–H and O–H groups in total. The zero-order chi connectivity index (χ0) is 23.4. The summed E-state index contributed by atoms with van der Waals surface area (Å²) in [6.07, 6.45) is 1.69. The molecule has 2 aromatic carbocycles. The van der Waals surface area contributed by atoms with Gasteiger partial charge in [-0.3, -0.25) is 10.1 Å². The fourth-order valence-corrected chi connectivity index (χ4v) is 4.83. The number of sulfonamides is 1. The molecule has 0 aliphatic rings. The van der Waals surface area contributed by atoms with Gasteiger partial charge in [-0.2, -0.15) is 4.31 Å². The van der Waals surface area contributed by atoms with Crippen molar-refractivity contribution in [3.63, 3.8) is 0 Å². The van der Waals surface area contributed by atoms with Crippen LogP contribution in [0.1, 0.15) is 37.0 Å². The molecule has 0 saturated heterocycles. The number of hydrogen-bond donors (Lipinski definition) is 1. The molecule has 0 aliphatic carbocycles. The van der Waals surface area contributed by atoms with Crippen molar-refractivity contribution in [2.45, 2.75) is 31.6 Å². The summed E-state index contributed by atoms with van der Waals surface area (Å²) in [4.78, 5) is 12.7. The maximum atomic E-state index is 12.8. The van der Waals surface area contributed by atoms with E-state index in [1.54, 1.807) is 13.0 Å². The predicted octanol–water partition coefficient (Wildman–Crippen LogP) is 4.55. The molecule has 2 heterocycles. The van der Waals surface area contributed by atoms with Crippen molar-refractivity contribution in [1.82, 2.24) is 14.5 Å². The smallest absolute Gasteiger partial charge is 0.322 e. The molecule has 4 rings (SSSR count). The van der Waals surface area contributed by atoms with Crippen LogP contribution in [0.25, 0.3) is 22.6 Å². The number of rotatable bonds is 9. The summed E-state index contributed by atoms with van der Waals surface area (Å²) in [6, 6.07) is 14.9. The second-order valence-electron chi connectivity index (χ2n) is 7.39. The van der Waals surface area contributed by atoms with Crippen LogP contribution in [0.4, 0.5) is 6.01 Å². The van der Waals surface area contributed by atoms with Crippen molar-refractivity contribution in [1.29, 1.82) is 0 Å². The second kappa shape index (κ2) is 9.55. The summed E-state index contributed by atoms with van der Waals surface area (Å²) >= 11 is 0. The molecule has 0 bridgehead atoms. The molecule has 172 valence electrons. The van der Waals surface area contributed by atoms with Gasteiger partial charge >= 0.3 is 6.01 Å². The highest BCUT2D eigenvalue weighted by Crippen LogP contribution is 2.27. The van der Waals surface area contributed by atoms with E-state index in [4.69, 9.17) is 8.83 Å². The molecule has 0 spiro atoms. The van der Waals surface area contributed by atoms with Crippen LogP contribution >= 0.6 is 0 Å². The second-order valence-corrected chi connectivity index (χ2v) is 9.33. The van der Waals surface area contributed by atoms with Crippen molar-refractivity contribution in [2.24, 2.45) is 0 Å². The van der Waals surface area contributed by atoms with E-state index in [1.807, 2.05) is 31.2 Å². The Bertz CT molecular complexity index is 1330. The Morgan fingerprint density at radius 3 is 2.48 bits per heavy atom. The lowest BCUT2D eigenvalue weighted by Crippen LogP contribution is -2.31. The number of carbonyl (C=O) groups is 1. The number of aromatic nitrogens is 2. The molecule has 9 nitrogen and oxygen atoms in total. The monoisotopic (exact) mass is 468 g/mol. The molecule has 1 amide bonds. The van der Waals surface area contributed by atoms with Gasteiger partial charge in [0.25, 0.3) is 11.8 Å². The van der Waals surface area contributed by atoms with Crippen LogP contribution in [-0.4, -0.2) is 41.9 Å². The van der Waals surface area contributed by atoms with E-state index >= 15 is 0 Å². The molecular weight excluding hydrogens is 444 g/mol. The number of fused-ring (bicyclic) bond motifs is 1.